The monoisotopic (exact) mass is 620 g/mol. The highest BCUT2D eigenvalue weighted by Gasteiger charge is 2.62. The Morgan fingerprint density at radius 3 is 2.56 bits per heavy atom. The van der Waals surface area contributed by atoms with Gasteiger partial charge in [-0.3, -0.25) is 0 Å². The first-order chi connectivity index (χ1) is 20.3. The number of ether oxygens (including phenoxy) is 3. The van der Waals surface area contributed by atoms with Crippen LogP contribution in [0.4, 0.5) is 18.0 Å². The summed E-state index contributed by atoms with van der Waals surface area (Å²) >= 11 is 0.767. The number of benzene rings is 1. The number of esters is 1. The molecule has 1 saturated carbocycles. The zero-order valence-electron chi connectivity index (χ0n) is 23.2. The van der Waals surface area contributed by atoms with Gasteiger partial charge in [0.2, 0.25) is 0 Å². The predicted molar refractivity (Wildman–Crippen MR) is 148 cm³/mol. The Bertz CT molecular complexity index is 1630. The number of alkyl halides is 3. The molecule has 43 heavy (non-hydrogen) atoms. The van der Waals surface area contributed by atoms with Crippen molar-refractivity contribution in [1.82, 2.24) is 20.2 Å². The van der Waals surface area contributed by atoms with Crippen LogP contribution in [-0.4, -0.2) is 76.4 Å². The Hall–Kier alpha value is -4.40. The van der Waals surface area contributed by atoms with Gasteiger partial charge in [-0.15, -0.1) is 17.9 Å². The highest BCUT2D eigenvalue weighted by molar-refractivity contribution is 7.13. The predicted octanol–water partition coefficient (Wildman–Crippen LogP) is 4.43. The van der Waals surface area contributed by atoms with E-state index in [1.807, 2.05) is 0 Å². The van der Waals surface area contributed by atoms with Gasteiger partial charge in [-0.1, -0.05) is 6.08 Å². The number of rotatable bonds is 8. The summed E-state index contributed by atoms with van der Waals surface area (Å²) in [4.78, 5) is 47.2. The molecule has 2 aliphatic rings. The van der Waals surface area contributed by atoms with Gasteiger partial charge in [0, 0.05) is 34.7 Å². The molecule has 1 aliphatic carbocycles. The first kappa shape index (κ1) is 30.1. The number of thiazole rings is 1. The minimum absolute atomic E-state index is 0.00597. The molecule has 1 aliphatic heterocycles. The van der Waals surface area contributed by atoms with E-state index in [0.29, 0.717) is 22.2 Å². The van der Waals surface area contributed by atoms with Crippen LogP contribution in [0.5, 0.6) is 11.5 Å². The van der Waals surface area contributed by atoms with E-state index in [1.165, 1.54) is 26.4 Å². The molecule has 0 bridgehead atoms. The number of aryl methyl sites for hydroxylation is 1. The van der Waals surface area contributed by atoms with E-state index in [1.54, 1.807) is 19.1 Å². The van der Waals surface area contributed by atoms with Crippen LogP contribution in [0, 0.1) is 12.8 Å². The Labute approximate surface area is 247 Å². The number of nitrogens with one attached hydrogen (secondary N) is 1. The average molecular weight is 621 g/mol. The van der Waals surface area contributed by atoms with Crippen LogP contribution in [0.1, 0.15) is 24.1 Å². The first-order valence-electron chi connectivity index (χ1n) is 13.0. The number of carboxylic acid groups (broad SMARTS) is 1. The van der Waals surface area contributed by atoms with E-state index in [2.05, 4.69) is 21.9 Å². The summed E-state index contributed by atoms with van der Waals surface area (Å²) in [5.74, 6) is -1.60. The van der Waals surface area contributed by atoms with Gasteiger partial charge in [-0.05, 0) is 25.5 Å². The number of amides is 2. The second kappa shape index (κ2) is 11.0. The lowest BCUT2D eigenvalue weighted by atomic mass is 10.1. The Balaban J connectivity index is 1.47. The summed E-state index contributed by atoms with van der Waals surface area (Å²) in [7, 11) is 2.66. The third kappa shape index (κ3) is 5.44. The van der Waals surface area contributed by atoms with Crippen LogP contribution in [-0.2, 0) is 20.5 Å². The quantitative estimate of drug-likeness (QED) is 0.277. The number of nitrogens with zero attached hydrogens (tertiary/aromatic N) is 3. The molecule has 5 rings (SSSR count). The summed E-state index contributed by atoms with van der Waals surface area (Å²) in [5, 5.41) is 13.9. The number of aromatic nitrogens is 2. The summed E-state index contributed by atoms with van der Waals surface area (Å²) in [6.45, 7) is 5.25. The molecule has 1 saturated heterocycles. The van der Waals surface area contributed by atoms with Crippen LogP contribution in [0.2, 0.25) is 0 Å². The molecule has 1 aromatic carbocycles. The maximum absolute atomic E-state index is 13.3. The molecule has 15 heteroatoms. The molecule has 11 nitrogen and oxygen atoms in total. The van der Waals surface area contributed by atoms with Crippen molar-refractivity contribution in [2.45, 2.75) is 43.6 Å². The maximum atomic E-state index is 13.3. The van der Waals surface area contributed by atoms with Crippen LogP contribution in [0.3, 0.4) is 0 Å². The molecule has 4 atom stereocenters. The van der Waals surface area contributed by atoms with Gasteiger partial charge in [-0.2, -0.15) is 13.2 Å². The van der Waals surface area contributed by atoms with E-state index >= 15 is 0 Å². The van der Waals surface area contributed by atoms with Gasteiger partial charge in [0.05, 0.1) is 26.3 Å². The molecule has 2 N–H and O–H groups in total. The molecule has 3 heterocycles. The Morgan fingerprint density at radius 1 is 1.23 bits per heavy atom. The standard InChI is InChI=1S/C28H27F3N4O7S/c1-5-14-10-27(14,25(38)41-4)34-26(39)35-11-15(8-18(35)24(36)37)42-20-9-17(23-33-21(12-43-23)28(29,30)31)32-22-13(2)19(40-3)7-6-16(20)22/h5-7,9,12,14-15,18H,1,8,10-11H2,2-4H3,(H,34,39)(H,36,37)/t14?,15-,18-,27?/m0/s1. The number of urea groups is 1. The van der Waals surface area contributed by atoms with Crippen molar-refractivity contribution in [3.05, 3.63) is 47.5 Å². The van der Waals surface area contributed by atoms with Gasteiger partial charge in [-0.25, -0.2) is 24.4 Å². The minimum Gasteiger partial charge on any atom is -0.496 e. The number of carboxylic acids is 1. The molecule has 0 spiro atoms. The van der Waals surface area contributed by atoms with Gasteiger partial charge >= 0.3 is 24.1 Å². The van der Waals surface area contributed by atoms with Gasteiger partial charge in [0.15, 0.2) is 5.69 Å². The zero-order chi connectivity index (χ0) is 31.3. The van der Waals surface area contributed by atoms with Crippen molar-refractivity contribution in [2.75, 3.05) is 20.8 Å². The third-order valence-electron chi connectivity index (χ3n) is 7.66. The number of carbonyl (C=O) groups is 3. The van der Waals surface area contributed by atoms with E-state index in [9.17, 15) is 32.7 Å². The maximum Gasteiger partial charge on any atom is 0.434 e. The summed E-state index contributed by atoms with van der Waals surface area (Å²) in [6, 6.07) is 2.74. The van der Waals surface area contributed by atoms with Gasteiger partial charge < -0.3 is 29.5 Å². The fourth-order valence-corrected chi connectivity index (χ4v) is 6.08. The molecule has 3 aromatic rings. The lowest BCUT2D eigenvalue weighted by Gasteiger charge is -2.25. The lowest BCUT2D eigenvalue weighted by Crippen LogP contribution is -2.53. The topological polar surface area (TPSA) is 140 Å². The highest BCUT2D eigenvalue weighted by Crippen LogP contribution is 2.46. The largest absolute Gasteiger partial charge is 0.496 e. The molecule has 228 valence electrons. The number of hydrogen-bond acceptors (Lipinski definition) is 9. The highest BCUT2D eigenvalue weighted by atomic mass is 32.1. The Kier molecular flexibility index (Phi) is 7.71. The van der Waals surface area contributed by atoms with Crippen molar-refractivity contribution in [2.24, 2.45) is 5.92 Å². The smallest absolute Gasteiger partial charge is 0.434 e. The lowest BCUT2D eigenvalue weighted by molar-refractivity contribution is -0.144. The number of methoxy groups -OCH3 is 2. The van der Waals surface area contributed by atoms with Crippen LogP contribution < -0.4 is 14.8 Å². The zero-order valence-corrected chi connectivity index (χ0v) is 24.0. The van der Waals surface area contributed by atoms with E-state index < -0.39 is 47.5 Å². The second-order valence-electron chi connectivity index (χ2n) is 10.3. The van der Waals surface area contributed by atoms with Crippen LogP contribution >= 0.6 is 11.3 Å². The van der Waals surface area contributed by atoms with E-state index in [-0.39, 0.29) is 41.8 Å². The fraction of sp³-hybridized carbons (Fsp3) is 0.393. The summed E-state index contributed by atoms with van der Waals surface area (Å²) in [6.07, 6.45) is -3.77. The third-order valence-corrected chi connectivity index (χ3v) is 8.53. The molecule has 2 fully saturated rings. The summed E-state index contributed by atoms with van der Waals surface area (Å²) < 4.78 is 56.3. The number of fused-ring (bicyclic) bond motifs is 1. The number of aliphatic carboxylic acids is 1. The molecule has 2 amide bonds. The first-order valence-corrected chi connectivity index (χ1v) is 13.9. The fourth-order valence-electron chi connectivity index (χ4n) is 5.30. The van der Waals surface area contributed by atoms with Gasteiger partial charge in [0.25, 0.3) is 0 Å². The van der Waals surface area contributed by atoms with Crippen molar-refractivity contribution in [1.29, 1.82) is 0 Å². The van der Waals surface area contributed by atoms with Crippen LogP contribution in [0.25, 0.3) is 21.6 Å². The SMILES string of the molecule is C=CC1CC1(NC(=O)N1C[C@@H](Oc2cc(-c3nc(C(F)(F)F)cs3)nc3c(C)c(OC)ccc23)C[C@H]1C(=O)O)C(=O)OC. The van der Waals surface area contributed by atoms with E-state index in [4.69, 9.17) is 14.2 Å². The molecule has 2 aromatic heterocycles. The molecule has 0 radical (unpaired) electrons. The number of pyridine rings is 1. The summed E-state index contributed by atoms with van der Waals surface area (Å²) in [5.41, 5.74) is -1.27. The molecular formula is C28H27F3N4O7S. The average Bonchev–Trinajstić information content (AvgIpc) is 3.28. The second-order valence-corrected chi connectivity index (χ2v) is 11.1. The molecule has 2 unspecified atom stereocenters. The van der Waals surface area contributed by atoms with Crippen molar-refractivity contribution in [3.63, 3.8) is 0 Å². The number of halogens is 3. The normalized spacial score (nSPS) is 23.1. The van der Waals surface area contributed by atoms with Crippen LogP contribution in [0.15, 0.2) is 36.2 Å². The van der Waals surface area contributed by atoms with Crippen molar-refractivity contribution in [3.8, 4) is 22.2 Å². The van der Waals surface area contributed by atoms with Crippen molar-refractivity contribution >= 4 is 40.2 Å². The minimum atomic E-state index is -4.64. The van der Waals surface area contributed by atoms with E-state index in [0.717, 1.165) is 21.6 Å². The van der Waals surface area contributed by atoms with Gasteiger partial charge in [0.1, 0.15) is 39.9 Å². The molecular weight excluding hydrogens is 593 g/mol. The Morgan fingerprint density at radius 2 is 1.98 bits per heavy atom. The number of hydrogen-bond donors (Lipinski definition) is 2. The van der Waals surface area contributed by atoms with Crippen molar-refractivity contribution < 1.29 is 46.9 Å². The number of likely N-dealkylation sites (tertiary alicyclic amines) is 1. The number of carbonyl (C=O) groups excluding carboxylic acids is 2.